The number of hydrogen-bond donors (Lipinski definition) is 1. The van der Waals surface area contributed by atoms with Gasteiger partial charge in [-0.25, -0.2) is 9.80 Å². The molecule has 2 amide bonds. The molecule has 1 N–H and O–H groups in total. The standard InChI is InChI=1S/C19H19ClN4O/c20-15-8-6-14(7-9-15)18-10-11-21-24(18)19(25)23-12-17(13-23)22-16-4-2-1-3-5-16/h1-9,11,17-18,22H,10,12-13H2/t18-/m0/s1. The minimum atomic E-state index is -0.0501. The van der Waals surface area contributed by atoms with Crippen LogP contribution in [0.25, 0.3) is 0 Å². The molecule has 25 heavy (non-hydrogen) atoms. The van der Waals surface area contributed by atoms with Crippen LogP contribution in [0.1, 0.15) is 18.0 Å². The lowest BCUT2D eigenvalue weighted by Crippen LogP contribution is -2.59. The van der Waals surface area contributed by atoms with Gasteiger partial charge in [0.25, 0.3) is 0 Å². The van der Waals surface area contributed by atoms with E-state index in [4.69, 9.17) is 11.6 Å². The molecule has 2 aromatic rings. The van der Waals surface area contributed by atoms with Crippen LogP contribution in [0.3, 0.4) is 0 Å². The van der Waals surface area contributed by atoms with Crippen LogP contribution in [0.5, 0.6) is 0 Å². The topological polar surface area (TPSA) is 47.9 Å². The van der Waals surface area contributed by atoms with Gasteiger partial charge in [-0.1, -0.05) is 41.9 Å². The van der Waals surface area contributed by atoms with Crippen molar-refractivity contribution in [2.75, 3.05) is 18.4 Å². The van der Waals surface area contributed by atoms with Gasteiger partial charge in [-0.15, -0.1) is 0 Å². The third-order valence-corrected chi connectivity index (χ3v) is 4.83. The van der Waals surface area contributed by atoms with Crippen LogP contribution in [0.4, 0.5) is 10.5 Å². The number of amides is 2. The number of nitrogens with zero attached hydrogens (tertiary/aromatic N) is 3. The third kappa shape index (κ3) is 3.33. The Hall–Kier alpha value is -2.53. The summed E-state index contributed by atoms with van der Waals surface area (Å²) >= 11 is 5.95. The van der Waals surface area contributed by atoms with Gasteiger partial charge in [-0.05, 0) is 29.8 Å². The molecule has 5 nitrogen and oxygen atoms in total. The van der Waals surface area contributed by atoms with Crippen molar-refractivity contribution in [3.8, 4) is 0 Å². The molecule has 0 aliphatic carbocycles. The van der Waals surface area contributed by atoms with E-state index < -0.39 is 0 Å². The lowest BCUT2D eigenvalue weighted by Gasteiger charge is -2.42. The Bertz CT molecular complexity index is 772. The van der Waals surface area contributed by atoms with E-state index in [9.17, 15) is 4.79 Å². The summed E-state index contributed by atoms with van der Waals surface area (Å²) in [6.07, 6.45) is 2.53. The van der Waals surface area contributed by atoms with Crippen LogP contribution >= 0.6 is 11.6 Å². The Labute approximate surface area is 151 Å². The second kappa shape index (κ2) is 6.76. The van der Waals surface area contributed by atoms with E-state index in [0.717, 1.165) is 17.7 Å². The summed E-state index contributed by atoms with van der Waals surface area (Å²) < 4.78 is 0. The summed E-state index contributed by atoms with van der Waals surface area (Å²) in [6, 6.07) is 17.9. The van der Waals surface area contributed by atoms with Gasteiger partial charge >= 0.3 is 6.03 Å². The van der Waals surface area contributed by atoms with Crippen molar-refractivity contribution in [3.05, 3.63) is 65.2 Å². The predicted octanol–water partition coefficient (Wildman–Crippen LogP) is 3.99. The maximum absolute atomic E-state index is 12.8. The van der Waals surface area contributed by atoms with Crippen molar-refractivity contribution in [2.45, 2.75) is 18.5 Å². The number of nitrogens with one attached hydrogen (secondary N) is 1. The SMILES string of the molecule is O=C(N1CC(Nc2ccccc2)C1)N1N=CC[C@H]1c1ccc(Cl)cc1. The molecule has 0 unspecified atom stereocenters. The van der Waals surface area contributed by atoms with Crippen LogP contribution in [-0.4, -0.2) is 41.3 Å². The van der Waals surface area contributed by atoms with Crippen molar-refractivity contribution in [1.82, 2.24) is 9.91 Å². The number of halogens is 1. The van der Waals surface area contributed by atoms with Crippen LogP contribution in [0, 0.1) is 0 Å². The molecular weight excluding hydrogens is 336 g/mol. The Kier molecular flexibility index (Phi) is 4.32. The second-order valence-electron chi connectivity index (χ2n) is 6.34. The molecule has 1 saturated heterocycles. The van der Waals surface area contributed by atoms with Gasteiger partial charge in [-0.3, -0.25) is 0 Å². The van der Waals surface area contributed by atoms with Gasteiger partial charge in [-0.2, -0.15) is 5.10 Å². The first kappa shape index (κ1) is 16.0. The molecule has 1 atom stereocenters. The Morgan fingerprint density at radius 2 is 1.80 bits per heavy atom. The van der Waals surface area contributed by atoms with Crippen molar-refractivity contribution >= 4 is 29.5 Å². The second-order valence-corrected chi connectivity index (χ2v) is 6.78. The van der Waals surface area contributed by atoms with E-state index in [2.05, 4.69) is 10.4 Å². The summed E-state index contributed by atoms with van der Waals surface area (Å²) in [5.41, 5.74) is 2.13. The van der Waals surface area contributed by atoms with Gasteiger partial charge in [0, 0.05) is 36.4 Å². The summed E-state index contributed by atoms with van der Waals surface area (Å²) in [7, 11) is 0. The maximum atomic E-state index is 12.8. The smallest absolute Gasteiger partial charge is 0.341 e. The third-order valence-electron chi connectivity index (χ3n) is 4.58. The van der Waals surface area contributed by atoms with E-state index in [1.54, 1.807) is 11.2 Å². The van der Waals surface area contributed by atoms with Crippen LogP contribution < -0.4 is 5.32 Å². The molecule has 2 aliphatic rings. The van der Waals surface area contributed by atoms with E-state index in [-0.39, 0.29) is 18.1 Å². The summed E-state index contributed by atoms with van der Waals surface area (Å²) in [4.78, 5) is 14.6. The fourth-order valence-electron chi connectivity index (χ4n) is 3.20. The highest BCUT2D eigenvalue weighted by Gasteiger charge is 2.37. The quantitative estimate of drug-likeness (QED) is 0.906. The molecule has 128 valence electrons. The Morgan fingerprint density at radius 1 is 1.08 bits per heavy atom. The van der Waals surface area contributed by atoms with E-state index >= 15 is 0 Å². The fourth-order valence-corrected chi connectivity index (χ4v) is 3.33. The van der Waals surface area contributed by atoms with Gasteiger partial charge < -0.3 is 10.2 Å². The van der Waals surface area contributed by atoms with Crippen LogP contribution in [0.2, 0.25) is 5.02 Å². The van der Waals surface area contributed by atoms with E-state index in [1.807, 2.05) is 59.5 Å². The van der Waals surface area contributed by atoms with Crippen molar-refractivity contribution in [3.63, 3.8) is 0 Å². The largest absolute Gasteiger partial charge is 0.379 e. The first-order valence-corrected chi connectivity index (χ1v) is 8.76. The molecule has 0 saturated carbocycles. The minimum Gasteiger partial charge on any atom is -0.379 e. The molecule has 2 heterocycles. The number of hydrazone groups is 1. The Morgan fingerprint density at radius 3 is 2.52 bits per heavy atom. The van der Waals surface area contributed by atoms with Crippen molar-refractivity contribution in [2.24, 2.45) is 5.10 Å². The number of para-hydroxylation sites is 1. The number of carbonyl (C=O) groups excluding carboxylic acids is 1. The monoisotopic (exact) mass is 354 g/mol. The van der Waals surface area contributed by atoms with Crippen LogP contribution in [-0.2, 0) is 0 Å². The average molecular weight is 355 g/mol. The predicted molar refractivity (Wildman–Crippen MR) is 100.0 cm³/mol. The molecule has 2 aromatic carbocycles. The zero-order valence-electron chi connectivity index (χ0n) is 13.7. The van der Waals surface area contributed by atoms with Crippen molar-refractivity contribution in [1.29, 1.82) is 0 Å². The number of benzene rings is 2. The van der Waals surface area contributed by atoms with Crippen LogP contribution in [0.15, 0.2) is 59.7 Å². The number of urea groups is 1. The first-order valence-electron chi connectivity index (χ1n) is 8.38. The van der Waals surface area contributed by atoms with Gasteiger partial charge in [0.05, 0.1) is 12.1 Å². The number of likely N-dealkylation sites (tertiary alicyclic amines) is 1. The minimum absolute atomic E-state index is 0.0418. The summed E-state index contributed by atoms with van der Waals surface area (Å²) in [5.74, 6) is 0. The highest BCUT2D eigenvalue weighted by molar-refractivity contribution is 6.30. The first-order chi connectivity index (χ1) is 12.2. The Balaban J connectivity index is 1.36. The average Bonchev–Trinajstić information content (AvgIpc) is 3.08. The van der Waals surface area contributed by atoms with Gasteiger partial charge in [0.2, 0.25) is 0 Å². The lowest BCUT2D eigenvalue weighted by atomic mass is 10.0. The zero-order chi connectivity index (χ0) is 17.2. The van der Waals surface area contributed by atoms with Gasteiger partial charge in [0.15, 0.2) is 0 Å². The number of hydrogen-bond acceptors (Lipinski definition) is 3. The normalized spacial score (nSPS) is 19.8. The summed E-state index contributed by atoms with van der Waals surface area (Å²) in [5, 5.41) is 10.0. The maximum Gasteiger partial charge on any atom is 0.341 e. The zero-order valence-corrected chi connectivity index (χ0v) is 14.4. The number of anilines is 1. The molecule has 1 fully saturated rings. The van der Waals surface area contributed by atoms with E-state index in [0.29, 0.717) is 18.1 Å². The lowest BCUT2D eigenvalue weighted by molar-refractivity contribution is 0.111. The number of carbonyl (C=O) groups is 1. The summed E-state index contributed by atoms with van der Waals surface area (Å²) in [6.45, 7) is 1.38. The molecule has 0 spiro atoms. The van der Waals surface area contributed by atoms with E-state index in [1.165, 1.54) is 0 Å². The molecule has 4 rings (SSSR count). The molecule has 0 aromatic heterocycles. The molecule has 2 aliphatic heterocycles. The highest BCUT2D eigenvalue weighted by Crippen LogP contribution is 2.31. The molecular formula is C19H19ClN4O. The fraction of sp³-hybridized carbons (Fsp3) is 0.263. The molecule has 6 heteroatoms. The molecule has 0 bridgehead atoms. The molecule has 0 radical (unpaired) electrons. The number of rotatable bonds is 3. The highest BCUT2D eigenvalue weighted by atomic mass is 35.5. The van der Waals surface area contributed by atoms with Gasteiger partial charge in [0.1, 0.15) is 0 Å². The van der Waals surface area contributed by atoms with Crippen molar-refractivity contribution < 1.29 is 4.79 Å².